The molecular formula is C13H14N2O3. The van der Waals surface area contributed by atoms with Gasteiger partial charge in [-0.15, -0.1) is 0 Å². The van der Waals surface area contributed by atoms with Crippen molar-refractivity contribution in [1.29, 1.82) is 5.26 Å². The Hall–Kier alpha value is -2.35. The van der Waals surface area contributed by atoms with Crippen molar-refractivity contribution in [3.05, 3.63) is 35.9 Å². The number of nitriles is 1. The SMILES string of the molecule is CCCCOC(=O)O/N=C(\C#N)c1ccccc1. The van der Waals surface area contributed by atoms with E-state index < -0.39 is 6.16 Å². The van der Waals surface area contributed by atoms with Crippen LogP contribution in [0.1, 0.15) is 25.3 Å². The first-order chi connectivity index (χ1) is 8.77. The number of rotatable bonds is 5. The first-order valence-electron chi connectivity index (χ1n) is 5.65. The fourth-order valence-electron chi connectivity index (χ4n) is 1.14. The first kappa shape index (κ1) is 13.7. The molecular weight excluding hydrogens is 232 g/mol. The normalized spacial score (nSPS) is 10.6. The summed E-state index contributed by atoms with van der Waals surface area (Å²) in [5, 5.41) is 12.4. The molecule has 1 aromatic carbocycles. The van der Waals surface area contributed by atoms with Crippen LogP contribution in [0, 0.1) is 11.3 Å². The Morgan fingerprint density at radius 3 is 2.72 bits per heavy atom. The number of carbonyl (C=O) groups is 1. The average Bonchev–Trinajstić information content (AvgIpc) is 2.41. The molecule has 0 saturated heterocycles. The molecule has 0 N–H and O–H groups in total. The van der Waals surface area contributed by atoms with E-state index in [4.69, 9.17) is 10.00 Å². The Morgan fingerprint density at radius 1 is 1.39 bits per heavy atom. The third kappa shape index (κ3) is 4.66. The molecule has 1 rings (SSSR count). The van der Waals surface area contributed by atoms with Crippen LogP contribution in [0.4, 0.5) is 4.79 Å². The molecule has 0 heterocycles. The van der Waals surface area contributed by atoms with Gasteiger partial charge < -0.3 is 4.74 Å². The lowest BCUT2D eigenvalue weighted by molar-refractivity contribution is 0.0567. The predicted molar refractivity (Wildman–Crippen MR) is 65.9 cm³/mol. The lowest BCUT2D eigenvalue weighted by atomic mass is 10.1. The molecule has 5 nitrogen and oxygen atoms in total. The van der Waals surface area contributed by atoms with Crippen molar-refractivity contribution < 1.29 is 14.4 Å². The molecule has 0 spiro atoms. The molecule has 0 atom stereocenters. The van der Waals surface area contributed by atoms with Crippen molar-refractivity contribution >= 4 is 11.9 Å². The van der Waals surface area contributed by atoms with Crippen LogP contribution in [0.5, 0.6) is 0 Å². The van der Waals surface area contributed by atoms with Gasteiger partial charge in [-0.3, -0.25) is 4.84 Å². The lowest BCUT2D eigenvalue weighted by Crippen LogP contribution is -2.07. The Labute approximate surface area is 106 Å². The molecule has 94 valence electrons. The second-order valence-corrected chi connectivity index (χ2v) is 3.46. The van der Waals surface area contributed by atoms with Gasteiger partial charge in [-0.2, -0.15) is 5.26 Å². The van der Waals surface area contributed by atoms with E-state index in [9.17, 15) is 4.79 Å². The molecule has 1 aromatic rings. The zero-order chi connectivity index (χ0) is 13.2. The highest BCUT2D eigenvalue weighted by atomic mass is 16.8. The van der Waals surface area contributed by atoms with Gasteiger partial charge in [-0.05, 0) is 6.42 Å². The molecule has 18 heavy (non-hydrogen) atoms. The van der Waals surface area contributed by atoms with E-state index in [0.29, 0.717) is 5.56 Å². The monoisotopic (exact) mass is 246 g/mol. The summed E-state index contributed by atoms with van der Waals surface area (Å²) in [5.74, 6) is 0. The molecule has 0 amide bonds. The zero-order valence-corrected chi connectivity index (χ0v) is 10.1. The van der Waals surface area contributed by atoms with E-state index in [1.54, 1.807) is 24.3 Å². The summed E-state index contributed by atoms with van der Waals surface area (Å²) in [6, 6.07) is 10.6. The summed E-state index contributed by atoms with van der Waals surface area (Å²) >= 11 is 0. The van der Waals surface area contributed by atoms with E-state index in [-0.39, 0.29) is 12.3 Å². The van der Waals surface area contributed by atoms with Crippen molar-refractivity contribution in [2.75, 3.05) is 6.61 Å². The first-order valence-corrected chi connectivity index (χ1v) is 5.65. The highest BCUT2D eigenvalue weighted by Crippen LogP contribution is 2.02. The van der Waals surface area contributed by atoms with Gasteiger partial charge in [0.05, 0.1) is 6.61 Å². The van der Waals surface area contributed by atoms with Crippen molar-refractivity contribution in [3.8, 4) is 6.07 Å². The van der Waals surface area contributed by atoms with Gasteiger partial charge in [0.15, 0.2) is 5.71 Å². The molecule has 0 radical (unpaired) electrons. The van der Waals surface area contributed by atoms with E-state index >= 15 is 0 Å². The number of benzene rings is 1. The van der Waals surface area contributed by atoms with Crippen molar-refractivity contribution in [3.63, 3.8) is 0 Å². The molecule has 0 aliphatic carbocycles. The summed E-state index contributed by atoms with van der Waals surface area (Å²) in [6.07, 6.45) is 0.791. The number of nitrogens with zero attached hydrogens (tertiary/aromatic N) is 2. The maximum Gasteiger partial charge on any atom is 0.535 e. The Kier molecular flexibility index (Phi) is 5.98. The maximum atomic E-state index is 11.1. The summed E-state index contributed by atoms with van der Waals surface area (Å²) in [7, 11) is 0. The number of carbonyl (C=O) groups excluding carboxylic acids is 1. The van der Waals surface area contributed by atoms with Gasteiger partial charge in [-0.25, -0.2) is 4.79 Å². The standard InChI is InChI=1S/C13H14N2O3/c1-2-3-9-17-13(16)18-15-12(10-14)11-7-5-4-6-8-11/h4-8H,2-3,9H2,1H3/b15-12+. The minimum absolute atomic E-state index is 0.0306. The summed E-state index contributed by atoms with van der Waals surface area (Å²) in [6.45, 7) is 2.27. The maximum absolute atomic E-state index is 11.1. The highest BCUT2D eigenvalue weighted by Gasteiger charge is 2.06. The van der Waals surface area contributed by atoms with Crippen LogP contribution in [-0.4, -0.2) is 18.5 Å². The van der Waals surface area contributed by atoms with Crippen LogP contribution in [-0.2, 0) is 9.57 Å². The lowest BCUT2D eigenvalue weighted by Gasteiger charge is -2.01. The van der Waals surface area contributed by atoms with Crippen molar-refractivity contribution in [1.82, 2.24) is 0 Å². The van der Waals surface area contributed by atoms with Gasteiger partial charge in [0.25, 0.3) is 0 Å². The molecule has 5 heteroatoms. The molecule has 0 aromatic heterocycles. The minimum atomic E-state index is -0.896. The Bertz CT molecular complexity index is 449. The quantitative estimate of drug-likeness (QED) is 0.263. The zero-order valence-electron chi connectivity index (χ0n) is 10.1. The number of hydrogen-bond acceptors (Lipinski definition) is 5. The molecule has 0 bridgehead atoms. The number of unbranched alkanes of at least 4 members (excludes halogenated alkanes) is 1. The van der Waals surface area contributed by atoms with Crippen LogP contribution in [0.3, 0.4) is 0 Å². The molecule has 0 saturated carbocycles. The van der Waals surface area contributed by atoms with Crippen LogP contribution in [0.2, 0.25) is 0 Å². The van der Waals surface area contributed by atoms with Gasteiger partial charge in [0, 0.05) is 5.56 Å². The van der Waals surface area contributed by atoms with Gasteiger partial charge in [-0.1, -0.05) is 48.8 Å². The van der Waals surface area contributed by atoms with Crippen LogP contribution in [0.15, 0.2) is 35.5 Å². The number of hydrogen-bond donors (Lipinski definition) is 0. The molecule has 0 unspecified atom stereocenters. The minimum Gasteiger partial charge on any atom is -0.433 e. The molecule has 0 aliphatic heterocycles. The van der Waals surface area contributed by atoms with Crippen molar-refractivity contribution in [2.45, 2.75) is 19.8 Å². The van der Waals surface area contributed by atoms with Gasteiger partial charge in [0.1, 0.15) is 6.07 Å². The van der Waals surface area contributed by atoms with Crippen LogP contribution in [0.25, 0.3) is 0 Å². The van der Waals surface area contributed by atoms with Gasteiger partial charge >= 0.3 is 6.16 Å². The Morgan fingerprint density at radius 2 is 2.11 bits per heavy atom. The van der Waals surface area contributed by atoms with E-state index in [1.807, 2.05) is 19.1 Å². The van der Waals surface area contributed by atoms with Crippen LogP contribution >= 0.6 is 0 Å². The molecule has 0 aliphatic rings. The van der Waals surface area contributed by atoms with Crippen molar-refractivity contribution in [2.24, 2.45) is 5.16 Å². The smallest absolute Gasteiger partial charge is 0.433 e. The number of oxime groups is 1. The second kappa shape index (κ2) is 7.85. The summed E-state index contributed by atoms with van der Waals surface area (Å²) in [4.78, 5) is 15.6. The highest BCUT2D eigenvalue weighted by molar-refractivity contribution is 6.11. The third-order valence-corrected chi connectivity index (χ3v) is 2.08. The van der Waals surface area contributed by atoms with E-state index in [1.165, 1.54) is 0 Å². The summed E-state index contributed by atoms with van der Waals surface area (Å²) < 4.78 is 4.74. The topological polar surface area (TPSA) is 71.7 Å². The summed E-state index contributed by atoms with van der Waals surface area (Å²) in [5.41, 5.74) is 0.615. The van der Waals surface area contributed by atoms with Crippen LogP contribution < -0.4 is 0 Å². The third-order valence-electron chi connectivity index (χ3n) is 2.08. The average molecular weight is 246 g/mol. The van der Waals surface area contributed by atoms with E-state index in [0.717, 1.165) is 12.8 Å². The van der Waals surface area contributed by atoms with Gasteiger partial charge in [0.2, 0.25) is 0 Å². The molecule has 0 fully saturated rings. The predicted octanol–water partition coefficient (Wildman–Crippen LogP) is 2.87. The fraction of sp³-hybridized carbons (Fsp3) is 0.308. The fourth-order valence-corrected chi connectivity index (χ4v) is 1.14. The number of ether oxygens (including phenoxy) is 1. The second-order valence-electron chi connectivity index (χ2n) is 3.46. The Balaban J connectivity index is 2.54. The largest absolute Gasteiger partial charge is 0.535 e. The van der Waals surface area contributed by atoms with E-state index in [2.05, 4.69) is 9.99 Å².